The molecule has 0 spiro atoms. The molecule has 134 valence electrons. The molecule has 1 saturated heterocycles. The van der Waals surface area contributed by atoms with Crippen LogP contribution >= 0.6 is 11.8 Å². The second kappa shape index (κ2) is 7.83. The van der Waals surface area contributed by atoms with Gasteiger partial charge in [0.1, 0.15) is 6.61 Å². The Hall–Kier alpha value is -2.47. The predicted molar refractivity (Wildman–Crippen MR) is 104 cm³/mol. The number of hydrogen-bond donors (Lipinski definition) is 0. The van der Waals surface area contributed by atoms with Gasteiger partial charge < -0.3 is 14.2 Å². The van der Waals surface area contributed by atoms with Crippen LogP contribution in [0.1, 0.15) is 5.56 Å². The molecule has 0 aliphatic carbocycles. The quantitative estimate of drug-likeness (QED) is 0.596. The van der Waals surface area contributed by atoms with Crippen LogP contribution < -0.4 is 0 Å². The molecule has 0 saturated carbocycles. The van der Waals surface area contributed by atoms with Gasteiger partial charge in [-0.1, -0.05) is 54.2 Å². The smallest absolute Gasteiger partial charge is 0.409 e. The second-order valence-electron chi connectivity index (χ2n) is 6.22. The Morgan fingerprint density at radius 1 is 1.04 bits per heavy atom. The summed E-state index contributed by atoms with van der Waals surface area (Å²) in [5.74, 6) is 0.809. The minimum Gasteiger partial charge on any atom is -0.448 e. The number of aromatic nitrogens is 2. The third-order valence-electron chi connectivity index (χ3n) is 4.52. The van der Waals surface area contributed by atoms with Crippen LogP contribution in [0.2, 0.25) is 0 Å². The van der Waals surface area contributed by atoms with Crippen molar-refractivity contribution in [1.29, 1.82) is 0 Å². The van der Waals surface area contributed by atoms with Crippen molar-refractivity contribution in [2.75, 3.05) is 25.4 Å². The first-order valence-electron chi connectivity index (χ1n) is 8.85. The maximum atomic E-state index is 11.6. The number of cyclic esters (lactones) is 1. The molecular weight excluding hydrogens is 346 g/mol. The van der Waals surface area contributed by atoms with Gasteiger partial charge in [-0.15, -0.1) is 0 Å². The molecule has 2 heterocycles. The molecule has 6 heteroatoms. The fraction of sp³-hybridized carbons (Fsp3) is 0.300. The van der Waals surface area contributed by atoms with Crippen LogP contribution in [0.15, 0.2) is 59.8 Å². The number of amides is 1. The summed E-state index contributed by atoms with van der Waals surface area (Å²) in [5.41, 5.74) is 3.50. The summed E-state index contributed by atoms with van der Waals surface area (Å²) >= 11 is 1.70. The molecular formula is C20H21N3O2S. The number of benzene rings is 2. The second-order valence-corrected chi connectivity index (χ2v) is 7.28. The average molecular weight is 367 g/mol. The number of aryl methyl sites for hydroxylation is 2. The summed E-state index contributed by atoms with van der Waals surface area (Å²) in [6.45, 7) is 2.76. The maximum absolute atomic E-state index is 11.6. The van der Waals surface area contributed by atoms with Crippen LogP contribution in [-0.2, 0) is 17.7 Å². The van der Waals surface area contributed by atoms with Gasteiger partial charge in [0.2, 0.25) is 0 Å². The van der Waals surface area contributed by atoms with Crippen LogP contribution in [0.5, 0.6) is 0 Å². The first-order chi connectivity index (χ1) is 12.8. The molecule has 26 heavy (non-hydrogen) atoms. The van der Waals surface area contributed by atoms with E-state index in [1.54, 1.807) is 16.7 Å². The number of fused-ring (bicyclic) bond motifs is 1. The van der Waals surface area contributed by atoms with Gasteiger partial charge in [-0.3, -0.25) is 0 Å². The van der Waals surface area contributed by atoms with E-state index in [-0.39, 0.29) is 6.09 Å². The van der Waals surface area contributed by atoms with Crippen molar-refractivity contribution >= 4 is 28.9 Å². The number of thioether (sulfide) groups is 1. The van der Waals surface area contributed by atoms with E-state index in [1.165, 1.54) is 5.56 Å². The standard InChI is InChI=1S/C20H21N3O2S/c24-20-22(12-14-25-20)13-15-26-19-21-17-8-4-5-9-18(17)23(19)11-10-16-6-2-1-3-7-16/h1-9H,10-15H2. The molecule has 0 atom stereocenters. The first kappa shape index (κ1) is 17.0. The van der Waals surface area contributed by atoms with Gasteiger partial charge in [0.25, 0.3) is 0 Å². The molecule has 1 aliphatic rings. The van der Waals surface area contributed by atoms with Gasteiger partial charge in [-0.25, -0.2) is 9.78 Å². The van der Waals surface area contributed by atoms with Crippen LogP contribution in [0.4, 0.5) is 4.79 Å². The molecule has 1 aliphatic heterocycles. The Kier molecular flexibility index (Phi) is 5.11. The Balaban J connectivity index is 1.48. The summed E-state index contributed by atoms with van der Waals surface area (Å²) in [7, 11) is 0. The van der Waals surface area contributed by atoms with Gasteiger partial charge in [0.05, 0.1) is 17.6 Å². The van der Waals surface area contributed by atoms with E-state index in [2.05, 4.69) is 47.0 Å². The molecule has 0 unspecified atom stereocenters. The molecule has 2 aromatic carbocycles. The molecule has 3 aromatic rings. The Bertz CT molecular complexity index is 894. The van der Waals surface area contributed by atoms with E-state index >= 15 is 0 Å². The van der Waals surface area contributed by atoms with Gasteiger partial charge in [-0.2, -0.15) is 0 Å². The third kappa shape index (κ3) is 3.70. The van der Waals surface area contributed by atoms with Crippen LogP contribution in [0.25, 0.3) is 11.0 Å². The van der Waals surface area contributed by atoms with Crippen LogP contribution in [-0.4, -0.2) is 46.0 Å². The van der Waals surface area contributed by atoms with Gasteiger partial charge in [0.15, 0.2) is 5.16 Å². The third-order valence-corrected chi connectivity index (χ3v) is 5.48. The van der Waals surface area contributed by atoms with Gasteiger partial charge in [-0.05, 0) is 24.1 Å². The zero-order valence-corrected chi connectivity index (χ0v) is 15.3. The van der Waals surface area contributed by atoms with E-state index in [9.17, 15) is 4.79 Å². The molecule has 0 bridgehead atoms. The van der Waals surface area contributed by atoms with Crippen LogP contribution in [0, 0.1) is 0 Å². The molecule has 1 amide bonds. The van der Waals surface area contributed by atoms with E-state index in [0.717, 1.165) is 34.9 Å². The molecule has 0 N–H and O–H groups in total. The number of nitrogens with zero attached hydrogens (tertiary/aromatic N) is 3. The average Bonchev–Trinajstić information content (AvgIpc) is 3.24. The van der Waals surface area contributed by atoms with Crippen molar-refractivity contribution in [2.24, 2.45) is 0 Å². The largest absolute Gasteiger partial charge is 0.448 e. The lowest BCUT2D eigenvalue weighted by Gasteiger charge is -2.12. The van der Waals surface area contributed by atoms with E-state index in [1.807, 2.05) is 12.1 Å². The van der Waals surface area contributed by atoms with E-state index in [0.29, 0.717) is 19.7 Å². The number of hydrogen-bond acceptors (Lipinski definition) is 4. The SMILES string of the molecule is O=C1OCCN1CCSc1nc2ccccc2n1CCc1ccccc1. The number of imidazole rings is 1. The zero-order chi connectivity index (χ0) is 17.8. The Labute approximate surface area is 157 Å². The Morgan fingerprint density at radius 3 is 2.65 bits per heavy atom. The van der Waals surface area contributed by atoms with Crippen molar-refractivity contribution in [3.05, 3.63) is 60.2 Å². The maximum Gasteiger partial charge on any atom is 0.409 e. The first-order valence-corrected chi connectivity index (χ1v) is 9.83. The van der Waals surface area contributed by atoms with Crippen molar-refractivity contribution in [1.82, 2.24) is 14.5 Å². The molecule has 1 aromatic heterocycles. The minimum atomic E-state index is -0.205. The summed E-state index contributed by atoms with van der Waals surface area (Å²) in [5, 5.41) is 1.01. The lowest BCUT2D eigenvalue weighted by Crippen LogP contribution is -2.26. The number of carbonyl (C=O) groups is 1. The fourth-order valence-corrected chi connectivity index (χ4v) is 4.14. The predicted octanol–water partition coefficient (Wildman–Crippen LogP) is 3.82. The normalized spacial score (nSPS) is 14.2. The lowest BCUT2D eigenvalue weighted by molar-refractivity contribution is 0.160. The summed E-state index contributed by atoms with van der Waals surface area (Å²) in [6, 6.07) is 18.8. The van der Waals surface area contributed by atoms with Gasteiger partial charge >= 0.3 is 6.09 Å². The van der Waals surface area contributed by atoms with E-state index in [4.69, 9.17) is 9.72 Å². The highest BCUT2D eigenvalue weighted by molar-refractivity contribution is 7.99. The number of ether oxygens (including phenoxy) is 1. The van der Waals surface area contributed by atoms with Crippen molar-refractivity contribution in [3.8, 4) is 0 Å². The number of para-hydroxylation sites is 2. The highest BCUT2D eigenvalue weighted by Gasteiger charge is 2.21. The van der Waals surface area contributed by atoms with Crippen molar-refractivity contribution in [3.63, 3.8) is 0 Å². The summed E-state index contributed by atoms with van der Waals surface area (Å²) in [6.07, 6.45) is 0.760. The Morgan fingerprint density at radius 2 is 1.85 bits per heavy atom. The highest BCUT2D eigenvalue weighted by atomic mass is 32.2. The summed E-state index contributed by atoms with van der Waals surface area (Å²) < 4.78 is 7.27. The van der Waals surface area contributed by atoms with Crippen molar-refractivity contribution in [2.45, 2.75) is 18.1 Å². The van der Waals surface area contributed by atoms with Gasteiger partial charge in [0, 0.05) is 18.8 Å². The van der Waals surface area contributed by atoms with Crippen LogP contribution in [0.3, 0.4) is 0 Å². The molecule has 5 nitrogen and oxygen atoms in total. The summed E-state index contributed by atoms with van der Waals surface area (Å²) in [4.78, 5) is 18.1. The molecule has 1 fully saturated rings. The lowest BCUT2D eigenvalue weighted by atomic mass is 10.1. The molecule has 0 radical (unpaired) electrons. The van der Waals surface area contributed by atoms with Crippen molar-refractivity contribution < 1.29 is 9.53 Å². The topological polar surface area (TPSA) is 47.4 Å². The monoisotopic (exact) mass is 367 g/mol. The fourth-order valence-electron chi connectivity index (χ4n) is 3.14. The minimum absolute atomic E-state index is 0.205. The molecule has 4 rings (SSSR count). The highest BCUT2D eigenvalue weighted by Crippen LogP contribution is 2.25. The zero-order valence-electron chi connectivity index (χ0n) is 14.5. The number of carbonyl (C=O) groups excluding carboxylic acids is 1. The van der Waals surface area contributed by atoms with E-state index < -0.39 is 0 Å². The number of rotatable bonds is 7.